The molecule has 3 saturated heterocycles. The van der Waals surface area contributed by atoms with Crippen LogP contribution in [0.5, 0.6) is 0 Å². The van der Waals surface area contributed by atoms with Crippen LogP contribution in [0.25, 0.3) is 0 Å². The van der Waals surface area contributed by atoms with Crippen molar-refractivity contribution in [2.75, 3.05) is 32.8 Å². The highest BCUT2D eigenvalue weighted by Gasteiger charge is 2.43. The summed E-state index contributed by atoms with van der Waals surface area (Å²) < 4.78 is 11.1. The Morgan fingerprint density at radius 3 is 2.35 bits per heavy atom. The van der Waals surface area contributed by atoms with E-state index in [1.165, 1.54) is 0 Å². The fourth-order valence-corrected chi connectivity index (χ4v) is 4.37. The number of carbonyl (C=O) groups is 2. The maximum absolute atomic E-state index is 12.5. The molecule has 26 heavy (non-hydrogen) atoms. The highest BCUT2D eigenvalue weighted by Crippen LogP contribution is 2.41. The van der Waals surface area contributed by atoms with Gasteiger partial charge in [0.15, 0.2) is 0 Å². The second-order valence-electron chi connectivity index (χ2n) is 9.21. The zero-order valence-corrected chi connectivity index (χ0v) is 16.6. The summed E-state index contributed by atoms with van der Waals surface area (Å²) >= 11 is 0. The molecule has 6 nitrogen and oxygen atoms in total. The lowest BCUT2D eigenvalue weighted by atomic mass is 9.77. The Bertz CT molecular complexity index is 514. The molecule has 0 aliphatic carbocycles. The number of amides is 2. The summed E-state index contributed by atoms with van der Waals surface area (Å²) in [7, 11) is 0. The van der Waals surface area contributed by atoms with Crippen molar-refractivity contribution in [2.45, 2.75) is 77.4 Å². The number of hydrogen-bond acceptors (Lipinski definition) is 4. The zero-order valence-electron chi connectivity index (χ0n) is 16.6. The molecular weight excluding hydrogens is 332 g/mol. The Hall–Kier alpha value is -1.30. The number of hydrogen-bond donors (Lipinski definition) is 0. The van der Waals surface area contributed by atoms with Crippen molar-refractivity contribution in [1.82, 2.24) is 9.80 Å². The van der Waals surface area contributed by atoms with Gasteiger partial charge in [0.25, 0.3) is 0 Å². The monoisotopic (exact) mass is 366 g/mol. The molecule has 0 radical (unpaired) electrons. The number of likely N-dealkylation sites (tertiary alicyclic amines) is 2. The highest BCUT2D eigenvalue weighted by atomic mass is 16.6. The molecule has 0 saturated carbocycles. The molecule has 3 heterocycles. The molecule has 0 N–H and O–H groups in total. The normalized spacial score (nSPS) is 25.7. The molecule has 3 aliphatic rings. The van der Waals surface area contributed by atoms with Crippen molar-refractivity contribution in [3.63, 3.8) is 0 Å². The molecule has 1 spiro atoms. The first kappa shape index (κ1) is 19.5. The van der Waals surface area contributed by atoms with Crippen LogP contribution in [-0.2, 0) is 14.3 Å². The van der Waals surface area contributed by atoms with E-state index in [1.54, 1.807) is 0 Å². The summed E-state index contributed by atoms with van der Waals surface area (Å²) in [6.07, 6.45) is 6.74. The van der Waals surface area contributed by atoms with E-state index in [0.717, 1.165) is 71.3 Å². The van der Waals surface area contributed by atoms with Gasteiger partial charge in [0, 0.05) is 39.2 Å². The van der Waals surface area contributed by atoms with Crippen LogP contribution in [0.2, 0.25) is 0 Å². The van der Waals surface area contributed by atoms with Gasteiger partial charge in [-0.2, -0.15) is 0 Å². The van der Waals surface area contributed by atoms with Gasteiger partial charge in [-0.15, -0.1) is 0 Å². The lowest BCUT2D eigenvalue weighted by molar-refractivity contribution is -0.134. The van der Waals surface area contributed by atoms with Gasteiger partial charge < -0.3 is 19.3 Å². The van der Waals surface area contributed by atoms with Crippen molar-refractivity contribution >= 4 is 12.0 Å². The van der Waals surface area contributed by atoms with Crippen molar-refractivity contribution in [3.05, 3.63) is 0 Å². The number of ether oxygens (including phenoxy) is 2. The minimum Gasteiger partial charge on any atom is -0.444 e. The Balaban J connectivity index is 1.43. The fraction of sp³-hybridized carbons (Fsp3) is 0.900. The predicted octanol–water partition coefficient (Wildman–Crippen LogP) is 3.20. The van der Waals surface area contributed by atoms with Gasteiger partial charge in [-0.3, -0.25) is 4.79 Å². The quantitative estimate of drug-likeness (QED) is 0.770. The van der Waals surface area contributed by atoms with Crippen molar-refractivity contribution < 1.29 is 19.1 Å². The summed E-state index contributed by atoms with van der Waals surface area (Å²) in [6.45, 7) is 9.70. The molecule has 1 atom stereocenters. The third-order valence-electron chi connectivity index (χ3n) is 5.97. The second kappa shape index (κ2) is 7.75. The third kappa shape index (κ3) is 4.90. The fourth-order valence-electron chi connectivity index (χ4n) is 4.37. The Morgan fingerprint density at radius 2 is 1.77 bits per heavy atom. The lowest BCUT2D eigenvalue weighted by Gasteiger charge is -2.39. The predicted molar refractivity (Wildman–Crippen MR) is 98.9 cm³/mol. The molecule has 2 amide bonds. The van der Waals surface area contributed by atoms with Crippen molar-refractivity contribution in [2.24, 2.45) is 5.41 Å². The van der Waals surface area contributed by atoms with E-state index in [2.05, 4.69) is 0 Å². The lowest BCUT2D eigenvalue weighted by Crippen LogP contribution is -2.45. The minimum absolute atomic E-state index is 0.169. The third-order valence-corrected chi connectivity index (χ3v) is 5.97. The van der Waals surface area contributed by atoms with Gasteiger partial charge >= 0.3 is 6.09 Å². The molecule has 148 valence electrons. The Kier molecular flexibility index (Phi) is 5.80. The van der Waals surface area contributed by atoms with Gasteiger partial charge in [-0.1, -0.05) is 0 Å². The topological polar surface area (TPSA) is 59.1 Å². The van der Waals surface area contributed by atoms with E-state index in [0.29, 0.717) is 6.42 Å². The first-order valence-corrected chi connectivity index (χ1v) is 10.1. The van der Waals surface area contributed by atoms with E-state index in [4.69, 9.17) is 9.47 Å². The molecule has 3 rings (SSSR count). The second-order valence-corrected chi connectivity index (χ2v) is 9.21. The number of carbonyl (C=O) groups excluding carboxylic acids is 2. The van der Waals surface area contributed by atoms with Gasteiger partial charge in [-0.25, -0.2) is 4.79 Å². The summed E-state index contributed by atoms with van der Waals surface area (Å²) in [6, 6.07) is 0. The number of rotatable bonds is 3. The molecule has 0 aromatic rings. The van der Waals surface area contributed by atoms with Crippen LogP contribution >= 0.6 is 0 Å². The van der Waals surface area contributed by atoms with Crippen molar-refractivity contribution in [3.8, 4) is 0 Å². The van der Waals surface area contributed by atoms with Crippen LogP contribution in [0.4, 0.5) is 4.79 Å². The van der Waals surface area contributed by atoms with Crippen LogP contribution in [0.3, 0.4) is 0 Å². The van der Waals surface area contributed by atoms with Crippen LogP contribution in [0.1, 0.15) is 65.7 Å². The van der Waals surface area contributed by atoms with Gasteiger partial charge in [-0.05, 0) is 64.7 Å². The molecule has 3 fully saturated rings. The smallest absolute Gasteiger partial charge is 0.410 e. The first-order chi connectivity index (χ1) is 12.3. The molecule has 6 heteroatoms. The summed E-state index contributed by atoms with van der Waals surface area (Å²) in [5.41, 5.74) is -0.284. The summed E-state index contributed by atoms with van der Waals surface area (Å²) in [5, 5.41) is 0. The minimum atomic E-state index is -0.453. The van der Waals surface area contributed by atoms with Crippen LogP contribution < -0.4 is 0 Å². The average Bonchev–Trinajstić information content (AvgIpc) is 3.22. The molecule has 0 aromatic heterocycles. The molecule has 3 aliphatic heterocycles. The van der Waals surface area contributed by atoms with E-state index in [1.807, 2.05) is 30.6 Å². The standard InChI is InChI=1S/C20H34N2O4/c1-19(2,3)26-18(24)22-13-10-20(15-22)8-11-21(12-9-20)17(23)7-6-16-5-4-14-25-16/h16H,4-15H2,1-3H3/t16-/m1/s1. The van der Waals surface area contributed by atoms with Gasteiger partial charge in [0.05, 0.1) is 6.10 Å². The van der Waals surface area contributed by atoms with Crippen LogP contribution in [0, 0.1) is 5.41 Å². The van der Waals surface area contributed by atoms with E-state index < -0.39 is 5.60 Å². The van der Waals surface area contributed by atoms with Crippen LogP contribution in [-0.4, -0.2) is 66.3 Å². The Labute approximate surface area is 157 Å². The maximum Gasteiger partial charge on any atom is 0.410 e. The average molecular weight is 367 g/mol. The SMILES string of the molecule is CC(C)(C)OC(=O)N1CCC2(CCN(C(=O)CC[C@H]3CCCO3)CC2)C1. The summed E-state index contributed by atoms with van der Waals surface area (Å²) in [4.78, 5) is 28.6. The molecule has 0 unspecified atom stereocenters. The summed E-state index contributed by atoms with van der Waals surface area (Å²) in [5.74, 6) is 0.261. The van der Waals surface area contributed by atoms with Gasteiger partial charge in [0.2, 0.25) is 5.91 Å². The first-order valence-electron chi connectivity index (χ1n) is 10.1. The molecular formula is C20H34N2O4. The Morgan fingerprint density at radius 1 is 1.12 bits per heavy atom. The van der Waals surface area contributed by atoms with Crippen LogP contribution in [0.15, 0.2) is 0 Å². The van der Waals surface area contributed by atoms with E-state index in [9.17, 15) is 9.59 Å². The number of piperidine rings is 1. The van der Waals surface area contributed by atoms with Crippen molar-refractivity contribution in [1.29, 1.82) is 0 Å². The maximum atomic E-state index is 12.5. The highest BCUT2D eigenvalue weighted by molar-refractivity contribution is 5.76. The van der Waals surface area contributed by atoms with Gasteiger partial charge in [0.1, 0.15) is 5.60 Å². The van der Waals surface area contributed by atoms with E-state index in [-0.39, 0.29) is 23.5 Å². The molecule has 0 aromatic carbocycles. The van der Waals surface area contributed by atoms with E-state index >= 15 is 0 Å². The zero-order chi connectivity index (χ0) is 18.8. The largest absolute Gasteiger partial charge is 0.444 e. The number of nitrogens with zero attached hydrogens (tertiary/aromatic N) is 2. The molecule has 0 bridgehead atoms.